The maximum atomic E-state index is 13.2. The van der Waals surface area contributed by atoms with Crippen molar-refractivity contribution in [2.45, 2.75) is 25.8 Å². The Kier molecular flexibility index (Phi) is 5.94. The largest absolute Gasteiger partial charge is 0.354 e. The van der Waals surface area contributed by atoms with Crippen LogP contribution in [0.5, 0.6) is 0 Å². The molecule has 1 amide bonds. The number of aromatic nitrogens is 1. The van der Waals surface area contributed by atoms with E-state index in [1.165, 1.54) is 6.92 Å². The minimum atomic E-state index is -0.462. The predicted octanol–water partition coefficient (Wildman–Crippen LogP) is 2.22. The minimum absolute atomic E-state index is 0.0170. The molecule has 2 aliphatic rings. The first-order chi connectivity index (χ1) is 15.1. The van der Waals surface area contributed by atoms with Gasteiger partial charge in [-0.15, -0.1) is 0 Å². The van der Waals surface area contributed by atoms with Crippen molar-refractivity contribution in [3.63, 3.8) is 0 Å². The smallest absolute Gasteiger partial charge is 0.270 e. The average Bonchev–Trinajstić information content (AvgIpc) is 3.11. The molecule has 0 saturated carbocycles. The number of nitrogens with zero attached hydrogens (tertiary/aromatic N) is 6. The first-order valence-corrected chi connectivity index (χ1v) is 10.4. The molecule has 2 aromatic rings. The van der Waals surface area contributed by atoms with E-state index >= 15 is 0 Å². The number of para-hydroxylation sites is 1. The number of rotatable bonds is 4. The van der Waals surface area contributed by atoms with E-state index in [-0.39, 0.29) is 11.7 Å². The van der Waals surface area contributed by atoms with Gasteiger partial charge in [0.15, 0.2) is 5.78 Å². The molecule has 158 valence electrons. The van der Waals surface area contributed by atoms with E-state index in [0.717, 1.165) is 12.1 Å². The van der Waals surface area contributed by atoms with E-state index in [0.29, 0.717) is 49.7 Å². The third-order valence-electron chi connectivity index (χ3n) is 5.64. The quantitative estimate of drug-likeness (QED) is 0.759. The fourth-order valence-electron chi connectivity index (χ4n) is 4.03. The molecule has 0 spiro atoms. The van der Waals surface area contributed by atoms with Crippen LogP contribution in [0.4, 0.5) is 11.5 Å². The van der Waals surface area contributed by atoms with Crippen LogP contribution in [0, 0.1) is 11.3 Å². The zero-order valence-electron chi connectivity index (χ0n) is 17.4. The van der Waals surface area contributed by atoms with E-state index in [1.54, 1.807) is 28.2 Å². The normalized spacial score (nSPS) is 18.9. The van der Waals surface area contributed by atoms with Crippen LogP contribution in [0.2, 0.25) is 0 Å². The Balaban J connectivity index is 1.49. The molecule has 1 saturated heterocycles. The molecule has 1 aromatic carbocycles. The molecule has 1 unspecified atom stereocenters. The first kappa shape index (κ1) is 20.5. The van der Waals surface area contributed by atoms with Gasteiger partial charge >= 0.3 is 0 Å². The zero-order valence-corrected chi connectivity index (χ0v) is 17.4. The summed E-state index contributed by atoms with van der Waals surface area (Å²) in [5.74, 6) is 0.508. The lowest BCUT2D eigenvalue weighted by Crippen LogP contribution is -2.39. The lowest BCUT2D eigenvalue weighted by atomic mass is 10.1. The van der Waals surface area contributed by atoms with Gasteiger partial charge in [0.25, 0.3) is 5.91 Å². The highest BCUT2D eigenvalue weighted by atomic mass is 16.2. The number of anilines is 2. The molecule has 31 heavy (non-hydrogen) atoms. The number of ketones is 1. The van der Waals surface area contributed by atoms with Crippen molar-refractivity contribution in [1.82, 2.24) is 9.88 Å². The van der Waals surface area contributed by atoms with Crippen molar-refractivity contribution < 1.29 is 9.59 Å². The maximum absolute atomic E-state index is 13.2. The van der Waals surface area contributed by atoms with Gasteiger partial charge in [-0.05, 0) is 37.6 Å². The highest BCUT2D eigenvalue weighted by molar-refractivity contribution is 6.40. The summed E-state index contributed by atoms with van der Waals surface area (Å²) >= 11 is 0. The van der Waals surface area contributed by atoms with Crippen LogP contribution < -0.4 is 9.91 Å². The fourth-order valence-corrected chi connectivity index (χ4v) is 4.03. The van der Waals surface area contributed by atoms with Crippen molar-refractivity contribution >= 4 is 28.9 Å². The number of amides is 1. The second-order valence-electron chi connectivity index (χ2n) is 7.68. The molecule has 1 fully saturated rings. The Morgan fingerprint density at radius 3 is 2.61 bits per heavy atom. The van der Waals surface area contributed by atoms with Crippen LogP contribution in [-0.4, -0.2) is 59.5 Å². The van der Waals surface area contributed by atoms with Gasteiger partial charge in [0.05, 0.1) is 11.3 Å². The summed E-state index contributed by atoms with van der Waals surface area (Å²) in [5, 5.41) is 15.6. The van der Waals surface area contributed by atoms with E-state index < -0.39 is 6.04 Å². The highest BCUT2D eigenvalue weighted by Crippen LogP contribution is 2.26. The lowest BCUT2D eigenvalue weighted by molar-refractivity contribution is -0.124. The Morgan fingerprint density at radius 1 is 1.06 bits per heavy atom. The van der Waals surface area contributed by atoms with Crippen LogP contribution in [0.25, 0.3) is 0 Å². The molecule has 0 aliphatic carbocycles. The molecule has 4 rings (SSSR count). The van der Waals surface area contributed by atoms with E-state index in [4.69, 9.17) is 0 Å². The molecule has 2 aliphatic heterocycles. The molecule has 8 nitrogen and oxygen atoms in total. The Hall–Kier alpha value is -3.73. The minimum Gasteiger partial charge on any atom is -0.354 e. The van der Waals surface area contributed by atoms with E-state index in [9.17, 15) is 14.9 Å². The van der Waals surface area contributed by atoms with E-state index in [1.807, 2.05) is 30.3 Å². The number of carbonyl (C=O) groups excluding carboxylic acids is 2. The van der Waals surface area contributed by atoms with Crippen LogP contribution in [0.15, 0.2) is 53.8 Å². The van der Waals surface area contributed by atoms with Crippen LogP contribution in [0.3, 0.4) is 0 Å². The van der Waals surface area contributed by atoms with Crippen LogP contribution >= 0.6 is 0 Å². The molecule has 1 atom stereocenters. The summed E-state index contributed by atoms with van der Waals surface area (Å²) in [6, 6.07) is 14.7. The van der Waals surface area contributed by atoms with Crippen molar-refractivity contribution in [3.8, 4) is 6.07 Å². The summed E-state index contributed by atoms with van der Waals surface area (Å²) in [4.78, 5) is 33.7. The molecule has 3 heterocycles. The monoisotopic (exact) mass is 416 g/mol. The summed E-state index contributed by atoms with van der Waals surface area (Å²) in [6.45, 7) is 3.94. The standard InChI is InChI=1S/C23H24N6O2/c1-17(30)21-15-20(26-29(21)19-8-3-2-4-9-19)23(31)28-12-6-11-27(13-14-28)22-18(16-24)7-5-10-25-22/h2-5,7-10,21H,6,11-15H2,1H3. The lowest BCUT2D eigenvalue weighted by Gasteiger charge is -2.23. The average molecular weight is 416 g/mol. The number of Topliss-reactive ketones (excluding diaryl/α,β-unsaturated/α-hetero) is 1. The predicted molar refractivity (Wildman–Crippen MR) is 118 cm³/mol. The molecule has 0 N–H and O–H groups in total. The number of hydrazone groups is 1. The summed E-state index contributed by atoms with van der Waals surface area (Å²) in [7, 11) is 0. The number of carbonyl (C=O) groups is 2. The van der Waals surface area contributed by atoms with Crippen LogP contribution in [0.1, 0.15) is 25.3 Å². The van der Waals surface area contributed by atoms with E-state index in [2.05, 4.69) is 21.1 Å². The second kappa shape index (κ2) is 8.96. The van der Waals surface area contributed by atoms with Crippen LogP contribution in [-0.2, 0) is 9.59 Å². The van der Waals surface area contributed by atoms with Gasteiger partial charge in [0.2, 0.25) is 0 Å². The molecule has 8 heteroatoms. The van der Waals surface area contributed by atoms with Gasteiger partial charge in [-0.2, -0.15) is 10.4 Å². The SMILES string of the molecule is CC(=O)C1CC(C(=O)N2CCCN(c3ncccc3C#N)CC2)=NN1c1ccccc1. The van der Waals surface area contributed by atoms with Crippen molar-refractivity contribution in [2.75, 3.05) is 36.1 Å². The Labute approximate surface area is 181 Å². The van der Waals surface area contributed by atoms with Crippen molar-refractivity contribution in [3.05, 3.63) is 54.2 Å². The third-order valence-corrected chi connectivity index (χ3v) is 5.64. The number of hydrogen-bond donors (Lipinski definition) is 0. The number of pyridine rings is 1. The number of nitriles is 1. The second-order valence-corrected chi connectivity index (χ2v) is 7.68. The third kappa shape index (κ3) is 4.26. The molecular weight excluding hydrogens is 392 g/mol. The summed E-state index contributed by atoms with van der Waals surface area (Å²) in [6.07, 6.45) is 2.75. The Morgan fingerprint density at radius 2 is 1.87 bits per heavy atom. The van der Waals surface area contributed by atoms with Gasteiger partial charge in [-0.1, -0.05) is 18.2 Å². The highest BCUT2D eigenvalue weighted by Gasteiger charge is 2.36. The molecular formula is C23H24N6O2. The topological polar surface area (TPSA) is 92.9 Å². The number of hydrogen-bond acceptors (Lipinski definition) is 7. The zero-order chi connectivity index (χ0) is 21.8. The first-order valence-electron chi connectivity index (χ1n) is 10.4. The summed E-state index contributed by atoms with van der Waals surface area (Å²) < 4.78 is 0. The van der Waals surface area contributed by atoms with Gasteiger partial charge in [0, 0.05) is 38.8 Å². The fraction of sp³-hybridized carbons (Fsp3) is 0.348. The number of benzene rings is 1. The van der Waals surface area contributed by atoms with Gasteiger partial charge in [-0.3, -0.25) is 14.6 Å². The molecule has 0 radical (unpaired) electrons. The molecule has 0 bridgehead atoms. The van der Waals surface area contributed by atoms with Crippen molar-refractivity contribution in [2.24, 2.45) is 5.10 Å². The Bertz CT molecular complexity index is 1050. The van der Waals surface area contributed by atoms with Crippen molar-refractivity contribution in [1.29, 1.82) is 5.26 Å². The van der Waals surface area contributed by atoms with Gasteiger partial charge < -0.3 is 9.80 Å². The maximum Gasteiger partial charge on any atom is 0.270 e. The van der Waals surface area contributed by atoms with Gasteiger partial charge in [-0.25, -0.2) is 4.98 Å². The molecule has 1 aromatic heterocycles. The van der Waals surface area contributed by atoms with Gasteiger partial charge in [0.1, 0.15) is 23.6 Å². The summed E-state index contributed by atoms with van der Waals surface area (Å²) in [5.41, 5.74) is 1.74.